The van der Waals surface area contributed by atoms with Crippen LogP contribution < -0.4 is 4.72 Å². The molecular weight excluding hydrogens is 398 g/mol. The average Bonchev–Trinajstić information content (AvgIpc) is 3.40. The minimum absolute atomic E-state index is 0.139. The Morgan fingerprint density at radius 2 is 1.48 bits per heavy atom. The van der Waals surface area contributed by atoms with Crippen LogP contribution in [0.15, 0.2) is 82.4 Å². The molecule has 7 heteroatoms. The summed E-state index contributed by atoms with van der Waals surface area (Å²) in [6.07, 6.45) is 0. The number of benzene rings is 2. The van der Waals surface area contributed by atoms with Crippen LogP contribution in [0, 0.1) is 0 Å². The predicted octanol–water partition coefficient (Wildman–Crippen LogP) is 4.18. The van der Waals surface area contributed by atoms with Gasteiger partial charge in [-0.15, -0.1) is 22.7 Å². The van der Waals surface area contributed by atoms with Crippen molar-refractivity contribution in [2.45, 2.75) is 10.5 Å². The molecule has 27 heavy (non-hydrogen) atoms. The second-order valence-corrected chi connectivity index (χ2v) is 9.75. The highest BCUT2D eigenvalue weighted by Gasteiger charge is 2.35. The van der Waals surface area contributed by atoms with Crippen molar-refractivity contribution in [2.75, 3.05) is 6.54 Å². The molecule has 0 amide bonds. The molecule has 2 aromatic heterocycles. The van der Waals surface area contributed by atoms with Gasteiger partial charge >= 0.3 is 0 Å². The molecule has 4 aromatic rings. The zero-order valence-corrected chi connectivity index (χ0v) is 16.7. The molecule has 4 nitrogen and oxygen atoms in total. The Morgan fingerprint density at radius 1 is 0.852 bits per heavy atom. The highest BCUT2D eigenvalue weighted by atomic mass is 32.2. The first-order valence-electron chi connectivity index (χ1n) is 8.28. The predicted molar refractivity (Wildman–Crippen MR) is 111 cm³/mol. The van der Waals surface area contributed by atoms with Gasteiger partial charge in [-0.25, -0.2) is 13.1 Å². The topological polar surface area (TPSA) is 66.4 Å². The minimum Gasteiger partial charge on any atom is -0.377 e. The first-order valence-corrected chi connectivity index (χ1v) is 11.5. The maximum atomic E-state index is 13.0. The van der Waals surface area contributed by atoms with Crippen molar-refractivity contribution in [3.63, 3.8) is 0 Å². The molecule has 2 N–H and O–H groups in total. The van der Waals surface area contributed by atoms with Crippen molar-refractivity contribution in [3.05, 3.63) is 87.2 Å². The van der Waals surface area contributed by atoms with E-state index in [2.05, 4.69) is 4.72 Å². The van der Waals surface area contributed by atoms with Crippen molar-refractivity contribution < 1.29 is 13.5 Å². The Hall–Kier alpha value is -2.03. The zero-order chi connectivity index (χ0) is 18.9. The van der Waals surface area contributed by atoms with E-state index >= 15 is 0 Å². The van der Waals surface area contributed by atoms with Gasteiger partial charge in [-0.1, -0.05) is 48.5 Å². The van der Waals surface area contributed by atoms with Crippen molar-refractivity contribution in [1.82, 2.24) is 4.72 Å². The van der Waals surface area contributed by atoms with Crippen molar-refractivity contribution in [1.29, 1.82) is 0 Å². The smallest absolute Gasteiger partial charge is 0.241 e. The van der Waals surface area contributed by atoms with Crippen molar-refractivity contribution >= 4 is 43.5 Å². The molecular formula is C20H17NO3S3. The standard InChI is InChI=1S/C20H17NO3S3/c22-20(18-10-4-12-25-18,19-11-5-13-26-19)14-21-27(23,24)17-9-3-7-15-6-1-2-8-16(15)17/h1-13,21-22H,14H2. The van der Waals surface area contributed by atoms with Crippen LogP contribution in [0.3, 0.4) is 0 Å². The van der Waals surface area contributed by atoms with Gasteiger partial charge in [0.1, 0.15) is 5.60 Å². The summed E-state index contributed by atoms with van der Waals surface area (Å²) < 4.78 is 28.7. The molecule has 0 atom stereocenters. The van der Waals surface area contributed by atoms with Gasteiger partial charge in [0.25, 0.3) is 0 Å². The largest absolute Gasteiger partial charge is 0.377 e. The average molecular weight is 416 g/mol. The molecule has 4 rings (SSSR count). The fraction of sp³-hybridized carbons (Fsp3) is 0.100. The molecule has 0 bridgehead atoms. The van der Waals surface area contributed by atoms with Gasteiger partial charge < -0.3 is 5.11 Å². The summed E-state index contributed by atoms with van der Waals surface area (Å²) in [4.78, 5) is 1.61. The summed E-state index contributed by atoms with van der Waals surface area (Å²) in [5, 5.41) is 16.6. The maximum absolute atomic E-state index is 13.0. The van der Waals surface area contributed by atoms with E-state index in [0.717, 1.165) is 5.39 Å². The molecule has 0 saturated carbocycles. The molecule has 0 aliphatic rings. The van der Waals surface area contributed by atoms with E-state index in [1.165, 1.54) is 22.7 Å². The summed E-state index contributed by atoms with van der Waals surface area (Å²) in [7, 11) is -3.80. The maximum Gasteiger partial charge on any atom is 0.241 e. The highest BCUT2D eigenvalue weighted by Crippen LogP contribution is 2.35. The fourth-order valence-electron chi connectivity index (χ4n) is 3.03. The minimum atomic E-state index is -3.80. The molecule has 2 aromatic carbocycles. The molecule has 0 aliphatic heterocycles. The van der Waals surface area contributed by atoms with E-state index in [1.54, 1.807) is 18.2 Å². The molecule has 0 saturated heterocycles. The number of sulfonamides is 1. The fourth-order valence-corrected chi connectivity index (χ4v) is 6.06. The van der Waals surface area contributed by atoms with Crippen LogP contribution in [-0.2, 0) is 15.6 Å². The van der Waals surface area contributed by atoms with Crippen LogP contribution in [0.5, 0.6) is 0 Å². The third kappa shape index (κ3) is 3.44. The van der Waals surface area contributed by atoms with Crippen LogP contribution in [0.1, 0.15) is 9.75 Å². The molecule has 0 unspecified atom stereocenters. The van der Waals surface area contributed by atoms with E-state index in [4.69, 9.17) is 0 Å². The molecule has 2 heterocycles. The Balaban J connectivity index is 1.70. The third-order valence-corrected chi connectivity index (χ3v) is 7.92. The first kappa shape index (κ1) is 18.3. The molecule has 0 spiro atoms. The number of fused-ring (bicyclic) bond motifs is 1. The van der Waals surface area contributed by atoms with Gasteiger partial charge in [0, 0.05) is 21.7 Å². The Bertz CT molecular complexity index is 1110. The summed E-state index contributed by atoms with van der Waals surface area (Å²) in [5.74, 6) is 0. The van der Waals surface area contributed by atoms with Crippen molar-refractivity contribution in [2.24, 2.45) is 0 Å². The Kier molecular flexibility index (Phi) is 4.88. The number of aliphatic hydroxyl groups is 1. The van der Waals surface area contributed by atoms with Crippen LogP contribution in [0.25, 0.3) is 10.8 Å². The van der Waals surface area contributed by atoms with E-state index in [1.807, 2.05) is 59.3 Å². The van der Waals surface area contributed by atoms with E-state index in [9.17, 15) is 13.5 Å². The van der Waals surface area contributed by atoms with Gasteiger partial charge in [0.05, 0.1) is 4.90 Å². The SMILES string of the molecule is O=S(=O)(NCC(O)(c1cccs1)c1cccs1)c1cccc2ccccc12. The number of hydrogen-bond acceptors (Lipinski definition) is 5. The second kappa shape index (κ2) is 7.18. The Morgan fingerprint density at radius 3 is 2.11 bits per heavy atom. The van der Waals surface area contributed by atoms with Gasteiger partial charge in [0.15, 0.2) is 0 Å². The summed E-state index contributed by atoms with van der Waals surface area (Å²) in [6, 6.07) is 19.9. The summed E-state index contributed by atoms with van der Waals surface area (Å²) in [5.41, 5.74) is -1.40. The first-order chi connectivity index (χ1) is 13.0. The molecule has 0 radical (unpaired) electrons. The Labute approximate surface area is 165 Å². The van der Waals surface area contributed by atoms with E-state index in [-0.39, 0.29) is 11.4 Å². The third-order valence-electron chi connectivity index (χ3n) is 4.41. The number of nitrogens with one attached hydrogen (secondary N) is 1. The second-order valence-electron chi connectivity index (χ2n) is 6.12. The van der Waals surface area contributed by atoms with Gasteiger partial charge in [-0.05, 0) is 34.3 Å². The highest BCUT2D eigenvalue weighted by molar-refractivity contribution is 7.89. The lowest BCUT2D eigenvalue weighted by atomic mass is 10.0. The monoisotopic (exact) mass is 415 g/mol. The van der Waals surface area contributed by atoms with Crippen LogP contribution in [0.4, 0.5) is 0 Å². The van der Waals surface area contributed by atoms with Crippen LogP contribution in [-0.4, -0.2) is 20.1 Å². The van der Waals surface area contributed by atoms with Crippen molar-refractivity contribution in [3.8, 4) is 0 Å². The number of thiophene rings is 2. The lowest BCUT2D eigenvalue weighted by Gasteiger charge is -2.26. The normalized spacial score (nSPS) is 12.5. The van der Waals surface area contributed by atoms with Crippen LogP contribution >= 0.6 is 22.7 Å². The van der Waals surface area contributed by atoms with Crippen LogP contribution in [0.2, 0.25) is 0 Å². The zero-order valence-electron chi connectivity index (χ0n) is 14.2. The lowest BCUT2D eigenvalue weighted by molar-refractivity contribution is 0.0937. The quantitative estimate of drug-likeness (QED) is 0.497. The summed E-state index contributed by atoms with van der Waals surface area (Å²) in [6.45, 7) is -0.139. The van der Waals surface area contributed by atoms with E-state index in [0.29, 0.717) is 15.1 Å². The van der Waals surface area contributed by atoms with Gasteiger partial charge in [-0.2, -0.15) is 0 Å². The van der Waals surface area contributed by atoms with Gasteiger partial charge in [-0.3, -0.25) is 0 Å². The van der Waals surface area contributed by atoms with E-state index < -0.39 is 15.6 Å². The number of rotatable bonds is 6. The summed E-state index contributed by atoms with van der Waals surface area (Å²) >= 11 is 2.80. The lowest BCUT2D eigenvalue weighted by Crippen LogP contribution is -2.40. The molecule has 138 valence electrons. The number of hydrogen-bond donors (Lipinski definition) is 2. The molecule has 0 aliphatic carbocycles. The molecule has 0 fully saturated rings. The van der Waals surface area contributed by atoms with Gasteiger partial charge in [0.2, 0.25) is 10.0 Å².